The van der Waals surface area contributed by atoms with E-state index in [1.807, 2.05) is 18.8 Å². The molecule has 0 aliphatic heterocycles. The zero-order valence-electron chi connectivity index (χ0n) is 11.1. The third-order valence-corrected chi connectivity index (χ3v) is 5.29. The van der Waals surface area contributed by atoms with Crippen LogP contribution in [0, 0.1) is 13.8 Å². The van der Waals surface area contributed by atoms with E-state index in [0.717, 1.165) is 12.1 Å². The standard InChI is InChI=1S/C13H18BrN3S/c1-8-13(9(2)17(4)16-8)11(15-3)7-12-10(14)5-6-18-12/h5-6,11,15H,7H2,1-4H3. The molecule has 1 unspecified atom stereocenters. The van der Waals surface area contributed by atoms with Crippen LogP contribution in [-0.2, 0) is 13.5 Å². The van der Waals surface area contributed by atoms with Gasteiger partial charge in [0.05, 0.1) is 5.69 Å². The molecule has 0 bridgehead atoms. The van der Waals surface area contributed by atoms with Gasteiger partial charge in [-0.1, -0.05) is 0 Å². The molecule has 0 spiro atoms. The van der Waals surface area contributed by atoms with Gasteiger partial charge < -0.3 is 5.32 Å². The minimum atomic E-state index is 0.314. The fraction of sp³-hybridized carbons (Fsp3) is 0.462. The Bertz CT molecular complexity index is 544. The van der Waals surface area contributed by atoms with Crippen LogP contribution >= 0.6 is 27.3 Å². The highest BCUT2D eigenvalue weighted by atomic mass is 79.9. The number of aryl methyl sites for hydroxylation is 2. The normalized spacial score (nSPS) is 12.9. The molecule has 3 nitrogen and oxygen atoms in total. The predicted molar refractivity (Wildman–Crippen MR) is 80.2 cm³/mol. The highest BCUT2D eigenvalue weighted by Gasteiger charge is 2.20. The topological polar surface area (TPSA) is 29.9 Å². The fourth-order valence-electron chi connectivity index (χ4n) is 2.30. The van der Waals surface area contributed by atoms with E-state index in [2.05, 4.69) is 51.6 Å². The summed E-state index contributed by atoms with van der Waals surface area (Å²) in [5.41, 5.74) is 3.67. The van der Waals surface area contributed by atoms with E-state index in [4.69, 9.17) is 0 Å². The lowest BCUT2D eigenvalue weighted by Crippen LogP contribution is -2.20. The van der Waals surface area contributed by atoms with Gasteiger partial charge in [-0.15, -0.1) is 11.3 Å². The molecule has 0 radical (unpaired) electrons. The van der Waals surface area contributed by atoms with Gasteiger partial charge in [0, 0.05) is 40.1 Å². The van der Waals surface area contributed by atoms with E-state index in [-0.39, 0.29) is 0 Å². The molecule has 18 heavy (non-hydrogen) atoms. The molecule has 2 rings (SSSR count). The van der Waals surface area contributed by atoms with Crippen LogP contribution in [0.25, 0.3) is 0 Å². The maximum atomic E-state index is 4.50. The van der Waals surface area contributed by atoms with E-state index in [9.17, 15) is 0 Å². The monoisotopic (exact) mass is 327 g/mol. The van der Waals surface area contributed by atoms with E-state index in [1.165, 1.54) is 20.6 Å². The summed E-state index contributed by atoms with van der Waals surface area (Å²) in [6.45, 7) is 4.21. The molecule has 0 aromatic carbocycles. The largest absolute Gasteiger partial charge is 0.313 e. The van der Waals surface area contributed by atoms with Crippen molar-refractivity contribution < 1.29 is 0 Å². The molecule has 1 N–H and O–H groups in total. The lowest BCUT2D eigenvalue weighted by molar-refractivity contribution is 0.588. The molecular formula is C13H18BrN3S. The maximum Gasteiger partial charge on any atom is 0.0644 e. The van der Waals surface area contributed by atoms with E-state index in [0.29, 0.717) is 6.04 Å². The van der Waals surface area contributed by atoms with Crippen LogP contribution in [0.3, 0.4) is 0 Å². The zero-order chi connectivity index (χ0) is 13.3. The van der Waals surface area contributed by atoms with Crippen LogP contribution < -0.4 is 5.32 Å². The van der Waals surface area contributed by atoms with Crippen LogP contribution in [-0.4, -0.2) is 16.8 Å². The van der Waals surface area contributed by atoms with Crippen LogP contribution in [0.15, 0.2) is 15.9 Å². The maximum absolute atomic E-state index is 4.50. The van der Waals surface area contributed by atoms with E-state index in [1.54, 1.807) is 11.3 Å². The molecule has 0 aliphatic rings. The molecular weight excluding hydrogens is 310 g/mol. The van der Waals surface area contributed by atoms with Crippen molar-refractivity contribution in [2.45, 2.75) is 26.3 Å². The van der Waals surface area contributed by atoms with Gasteiger partial charge >= 0.3 is 0 Å². The summed E-state index contributed by atoms with van der Waals surface area (Å²) >= 11 is 5.39. The van der Waals surface area contributed by atoms with Gasteiger partial charge in [-0.2, -0.15) is 5.10 Å². The minimum Gasteiger partial charge on any atom is -0.313 e. The zero-order valence-corrected chi connectivity index (χ0v) is 13.5. The van der Waals surface area contributed by atoms with Gasteiger partial charge in [0.2, 0.25) is 0 Å². The van der Waals surface area contributed by atoms with E-state index < -0.39 is 0 Å². The summed E-state index contributed by atoms with van der Waals surface area (Å²) in [6, 6.07) is 2.42. The Labute approximate surface area is 120 Å². The Balaban J connectivity index is 2.31. The Morgan fingerprint density at radius 2 is 2.22 bits per heavy atom. The van der Waals surface area contributed by atoms with Crippen molar-refractivity contribution in [1.29, 1.82) is 0 Å². The predicted octanol–water partition coefficient (Wildman–Crippen LogP) is 3.36. The van der Waals surface area contributed by atoms with Gasteiger partial charge in [-0.05, 0) is 48.3 Å². The quantitative estimate of drug-likeness (QED) is 0.933. The summed E-state index contributed by atoms with van der Waals surface area (Å²) in [7, 11) is 4.01. The van der Waals surface area contributed by atoms with Crippen LogP contribution in [0.1, 0.15) is 27.9 Å². The molecule has 2 heterocycles. The highest BCUT2D eigenvalue weighted by molar-refractivity contribution is 9.10. The average Bonchev–Trinajstić information content (AvgIpc) is 2.83. The number of likely N-dealkylation sites (N-methyl/N-ethyl adjacent to an activating group) is 1. The molecule has 2 aromatic rings. The number of thiophene rings is 1. The van der Waals surface area contributed by atoms with Crippen molar-refractivity contribution in [2.75, 3.05) is 7.05 Å². The second-order valence-electron chi connectivity index (χ2n) is 4.45. The van der Waals surface area contributed by atoms with Crippen molar-refractivity contribution in [3.8, 4) is 0 Å². The molecule has 0 saturated carbocycles. The van der Waals surface area contributed by atoms with Gasteiger partial charge in [-0.25, -0.2) is 0 Å². The van der Waals surface area contributed by atoms with Gasteiger partial charge in [0.15, 0.2) is 0 Å². The van der Waals surface area contributed by atoms with Crippen molar-refractivity contribution in [3.63, 3.8) is 0 Å². The van der Waals surface area contributed by atoms with Crippen LogP contribution in [0.4, 0.5) is 0 Å². The van der Waals surface area contributed by atoms with Crippen molar-refractivity contribution in [1.82, 2.24) is 15.1 Å². The third-order valence-electron chi connectivity index (χ3n) is 3.34. The van der Waals surface area contributed by atoms with Crippen molar-refractivity contribution >= 4 is 27.3 Å². The second-order valence-corrected chi connectivity index (χ2v) is 6.30. The van der Waals surface area contributed by atoms with Gasteiger partial charge in [0.25, 0.3) is 0 Å². The number of halogens is 1. The molecule has 0 aliphatic carbocycles. The third kappa shape index (κ3) is 2.53. The first kappa shape index (κ1) is 13.8. The summed E-state index contributed by atoms with van der Waals surface area (Å²) in [5.74, 6) is 0. The Morgan fingerprint density at radius 1 is 1.50 bits per heavy atom. The first-order valence-electron chi connectivity index (χ1n) is 5.93. The van der Waals surface area contributed by atoms with Gasteiger partial charge in [-0.3, -0.25) is 4.68 Å². The number of hydrogen-bond acceptors (Lipinski definition) is 3. The number of aromatic nitrogens is 2. The van der Waals surface area contributed by atoms with Crippen molar-refractivity contribution in [2.24, 2.45) is 7.05 Å². The van der Waals surface area contributed by atoms with Crippen molar-refractivity contribution in [3.05, 3.63) is 37.7 Å². The molecule has 2 aromatic heterocycles. The minimum absolute atomic E-state index is 0.314. The molecule has 0 amide bonds. The molecule has 0 fully saturated rings. The average molecular weight is 328 g/mol. The number of rotatable bonds is 4. The number of hydrogen-bond donors (Lipinski definition) is 1. The lowest BCUT2D eigenvalue weighted by atomic mass is 10.0. The number of nitrogens with one attached hydrogen (secondary N) is 1. The fourth-order valence-corrected chi connectivity index (χ4v) is 3.86. The summed E-state index contributed by atoms with van der Waals surface area (Å²) in [5, 5.41) is 10.0. The smallest absolute Gasteiger partial charge is 0.0644 e. The van der Waals surface area contributed by atoms with E-state index >= 15 is 0 Å². The lowest BCUT2D eigenvalue weighted by Gasteiger charge is -2.16. The molecule has 98 valence electrons. The van der Waals surface area contributed by atoms with Crippen LogP contribution in [0.5, 0.6) is 0 Å². The Hall–Kier alpha value is -0.650. The SMILES string of the molecule is CNC(Cc1sccc1Br)c1c(C)nn(C)c1C. The Morgan fingerprint density at radius 3 is 2.67 bits per heavy atom. The molecule has 0 saturated heterocycles. The molecule has 1 atom stereocenters. The first-order valence-corrected chi connectivity index (χ1v) is 7.61. The summed E-state index contributed by atoms with van der Waals surface area (Å²) in [4.78, 5) is 1.37. The van der Waals surface area contributed by atoms with Gasteiger partial charge in [0.1, 0.15) is 0 Å². The number of nitrogens with zero attached hydrogens (tertiary/aromatic N) is 2. The highest BCUT2D eigenvalue weighted by Crippen LogP contribution is 2.30. The molecule has 5 heteroatoms. The first-order chi connectivity index (χ1) is 8.54. The summed E-state index contributed by atoms with van der Waals surface area (Å²) in [6.07, 6.45) is 0.988. The Kier molecular flexibility index (Phi) is 4.25. The van der Waals surface area contributed by atoms with Crippen LogP contribution in [0.2, 0.25) is 0 Å². The second kappa shape index (κ2) is 5.55. The summed E-state index contributed by atoms with van der Waals surface area (Å²) < 4.78 is 3.16.